The van der Waals surface area contributed by atoms with E-state index in [0.717, 1.165) is 41.5 Å². The maximum absolute atomic E-state index is 12.4. The summed E-state index contributed by atoms with van der Waals surface area (Å²) in [5.41, 5.74) is 9.89. The van der Waals surface area contributed by atoms with E-state index < -0.39 is 0 Å². The Morgan fingerprint density at radius 2 is 1.77 bits per heavy atom. The average molecular weight is 399 g/mol. The number of Topliss-reactive ketones (excluding diaryl/α,β-unsaturated/α-hetero) is 1. The zero-order chi connectivity index (χ0) is 20.7. The van der Waals surface area contributed by atoms with Gasteiger partial charge in [0.25, 0.3) is 5.89 Å². The lowest BCUT2D eigenvalue weighted by atomic mass is 9.64. The highest BCUT2D eigenvalue weighted by molar-refractivity contribution is 6.21. The van der Waals surface area contributed by atoms with Crippen LogP contribution < -0.4 is 5.73 Å². The van der Waals surface area contributed by atoms with E-state index in [4.69, 9.17) is 10.3 Å². The molecule has 1 saturated carbocycles. The monoisotopic (exact) mass is 399 g/mol. The van der Waals surface area contributed by atoms with Gasteiger partial charge in [0.15, 0.2) is 11.6 Å². The van der Waals surface area contributed by atoms with E-state index in [2.05, 4.69) is 32.2 Å². The maximum Gasteiger partial charge on any atom is 0.261 e. The van der Waals surface area contributed by atoms with Crippen LogP contribution in [0.4, 0.5) is 5.95 Å². The van der Waals surface area contributed by atoms with Gasteiger partial charge in [-0.15, -0.1) is 0 Å². The molecule has 0 aliphatic heterocycles. The van der Waals surface area contributed by atoms with Gasteiger partial charge >= 0.3 is 0 Å². The van der Waals surface area contributed by atoms with Gasteiger partial charge in [-0.25, -0.2) is 9.97 Å². The van der Waals surface area contributed by atoms with Gasteiger partial charge in [-0.1, -0.05) is 47.5 Å². The second-order valence-electron chi connectivity index (χ2n) is 7.96. The third-order valence-corrected chi connectivity index (χ3v) is 6.01. The van der Waals surface area contributed by atoms with E-state index in [0.29, 0.717) is 23.7 Å². The Kier molecular flexibility index (Phi) is 4.31. The Bertz CT molecular complexity index is 1170. The summed E-state index contributed by atoms with van der Waals surface area (Å²) in [4.78, 5) is 25.1. The predicted molar refractivity (Wildman–Crippen MR) is 112 cm³/mol. The molecule has 5 rings (SSSR count). The number of anilines is 1. The van der Waals surface area contributed by atoms with Gasteiger partial charge in [-0.2, -0.15) is 4.98 Å². The average Bonchev–Trinajstić information content (AvgIpc) is 3.18. The molecular formula is C23H21N5O2. The molecule has 3 aromatic rings. The Morgan fingerprint density at radius 1 is 1.03 bits per heavy atom. The standard InChI is InChI=1S/C23H21N5O2/c1-14-3-8-18(19(29)11-14)20-27-21(28-30-20)23(9-2-10-23)17-6-4-15(5-7-17)16-12-25-22(24)26-13-16/h3-8,12-13H,2,9-11H2,1H3,(H2,24,25,26). The van der Waals surface area contributed by atoms with Crippen LogP contribution in [-0.2, 0) is 10.2 Å². The molecule has 150 valence electrons. The Morgan fingerprint density at radius 3 is 2.40 bits per heavy atom. The first-order valence-corrected chi connectivity index (χ1v) is 9.99. The Labute approximate surface area is 173 Å². The van der Waals surface area contributed by atoms with Gasteiger partial charge in [0.05, 0.1) is 11.0 Å². The topological polar surface area (TPSA) is 108 Å². The van der Waals surface area contributed by atoms with Crippen molar-refractivity contribution in [2.75, 3.05) is 5.73 Å². The van der Waals surface area contributed by atoms with Crippen molar-refractivity contribution in [2.24, 2.45) is 0 Å². The summed E-state index contributed by atoms with van der Waals surface area (Å²) in [7, 11) is 0. The summed E-state index contributed by atoms with van der Waals surface area (Å²) in [5.74, 6) is 1.23. The van der Waals surface area contributed by atoms with Crippen molar-refractivity contribution in [1.82, 2.24) is 20.1 Å². The van der Waals surface area contributed by atoms with Gasteiger partial charge in [-0.05, 0) is 37.0 Å². The molecule has 0 spiro atoms. The van der Waals surface area contributed by atoms with E-state index in [1.54, 1.807) is 18.5 Å². The van der Waals surface area contributed by atoms with Crippen LogP contribution in [-0.4, -0.2) is 25.9 Å². The van der Waals surface area contributed by atoms with E-state index in [9.17, 15) is 4.79 Å². The molecule has 0 radical (unpaired) electrons. The molecule has 2 aliphatic carbocycles. The molecule has 0 bridgehead atoms. The highest BCUT2D eigenvalue weighted by Crippen LogP contribution is 2.48. The van der Waals surface area contributed by atoms with Gasteiger partial charge in [0, 0.05) is 24.4 Å². The summed E-state index contributed by atoms with van der Waals surface area (Å²) >= 11 is 0. The van der Waals surface area contributed by atoms with Crippen molar-refractivity contribution in [3.63, 3.8) is 0 Å². The minimum atomic E-state index is -0.276. The lowest BCUT2D eigenvalue weighted by Crippen LogP contribution is -2.36. The number of carbonyl (C=O) groups is 1. The van der Waals surface area contributed by atoms with Crippen LogP contribution >= 0.6 is 0 Å². The van der Waals surface area contributed by atoms with E-state index in [1.165, 1.54) is 0 Å². The molecule has 2 aliphatic rings. The van der Waals surface area contributed by atoms with Gasteiger partial charge in [0.1, 0.15) is 0 Å². The second kappa shape index (κ2) is 7.02. The fourth-order valence-electron chi connectivity index (χ4n) is 4.08. The van der Waals surface area contributed by atoms with Crippen molar-refractivity contribution in [3.05, 3.63) is 71.7 Å². The minimum Gasteiger partial charge on any atom is -0.368 e. The maximum atomic E-state index is 12.4. The van der Waals surface area contributed by atoms with Crippen LogP contribution in [0, 0.1) is 0 Å². The molecule has 7 nitrogen and oxygen atoms in total. The van der Waals surface area contributed by atoms with Crippen LogP contribution in [0.1, 0.15) is 49.9 Å². The molecule has 2 N–H and O–H groups in total. The van der Waals surface area contributed by atoms with Crippen molar-refractivity contribution >= 4 is 17.3 Å². The number of hydrogen-bond donors (Lipinski definition) is 1. The molecule has 7 heteroatoms. The number of carbonyl (C=O) groups excluding carboxylic acids is 1. The number of hydrogen-bond acceptors (Lipinski definition) is 7. The summed E-state index contributed by atoms with van der Waals surface area (Å²) in [6, 6.07) is 8.29. The first-order valence-electron chi connectivity index (χ1n) is 9.99. The first-order chi connectivity index (χ1) is 14.5. The van der Waals surface area contributed by atoms with E-state index >= 15 is 0 Å². The Hall–Kier alpha value is -3.61. The molecule has 1 aromatic carbocycles. The number of benzene rings is 1. The molecule has 2 heterocycles. The fourth-order valence-corrected chi connectivity index (χ4v) is 4.08. The molecule has 0 unspecified atom stereocenters. The van der Waals surface area contributed by atoms with Crippen molar-refractivity contribution < 1.29 is 9.32 Å². The first kappa shape index (κ1) is 18.4. The molecular weight excluding hydrogens is 378 g/mol. The third-order valence-electron chi connectivity index (χ3n) is 6.01. The van der Waals surface area contributed by atoms with Gasteiger partial charge < -0.3 is 10.3 Å². The summed E-state index contributed by atoms with van der Waals surface area (Å²) in [5, 5.41) is 4.27. The largest absolute Gasteiger partial charge is 0.368 e. The van der Waals surface area contributed by atoms with E-state index in [-0.39, 0.29) is 17.1 Å². The summed E-state index contributed by atoms with van der Waals surface area (Å²) in [6.45, 7) is 1.94. The van der Waals surface area contributed by atoms with Crippen LogP contribution in [0.3, 0.4) is 0 Å². The normalized spacial score (nSPS) is 17.8. The van der Waals surface area contributed by atoms with Crippen LogP contribution in [0.2, 0.25) is 0 Å². The molecule has 0 saturated heterocycles. The minimum absolute atomic E-state index is 0.0166. The van der Waals surface area contributed by atoms with Crippen molar-refractivity contribution in [3.8, 4) is 11.1 Å². The number of allylic oxidation sites excluding steroid dienone is 4. The zero-order valence-corrected chi connectivity index (χ0v) is 16.6. The lowest BCUT2D eigenvalue weighted by Gasteiger charge is -2.39. The summed E-state index contributed by atoms with van der Waals surface area (Å²) < 4.78 is 5.51. The molecule has 30 heavy (non-hydrogen) atoms. The molecule has 0 amide bonds. The number of nitrogens with zero attached hydrogens (tertiary/aromatic N) is 4. The predicted octanol–water partition coefficient (Wildman–Crippen LogP) is 3.88. The van der Waals surface area contributed by atoms with Crippen LogP contribution in [0.5, 0.6) is 0 Å². The fraction of sp³-hybridized carbons (Fsp3) is 0.261. The smallest absolute Gasteiger partial charge is 0.261 e. The highest BCUT2D eigenvalue weighted by Gasteiger charge is 2.44. The van der Waals surface area contributed by atoms with Crippen molar-refractivity contribution in [2.45, 2.75) is 38.0 Å². The van der Waals surface area contributed by atoms with E-state index in [1.807, 2.05) is 25.1 Å². The zero-order valence-electron chi connectivity index (χ0n) is 16.6. The highest BCUT2D eigenvalue weighted by atomic mass is 16.5. The Balaban J connectivity index is 1.46. The van der Waals surface area contributed by atoms with Gasteiger partial charge in [-0.3, -0.25) is 4.79 Å². The number of rotatable bonds is 4. The van der Waals surface area contributed by atoms with Crippen LogP contribution in [0.15, 0.2) is 58.9 Å². The number of nitrogen functional groups attached to an aromatic ring is 1. The van der Waals surface area contributed by atoms with Crippen molar-refractivity contribution in [1.29, 1.82) is 0 Å². The third kappa shape index (κ3) is 3.03. The second-order valence-corrected chi connectivity index (χ2v) is 7.96. The molecule has 0 atom stereocenters. The number of ketones is 1. The number of nitrogens with two attached hydrogens (primary N) is 1. The SMILES string of the molecule is CC1=CC=C(c2nc(C3(c4ccc(-c5cnc(N)nc5)cc4)CCC3)no2)C(=O)C1. The number of aromatic nitrogens is 4. The molecule has 2 aromatic heterocycles. The van der Waals surface area contributed by atoms with Crippen LogP contribution in [0.25, 0.3) is 16.7 Å². The molecule has 1 fully saturated rings. The van der Waals surface area contributed by atoms with Gasteiger partial charge in [0.2, 0.25) is 5.95 Å². The summed E-state index contributed by atoms with van der Waals surface area (Å²) in [6.07, 6.45) is 10.5. The lowest BCUT2D eigenvalue weighted by molar-refractivity contribution is -0.113. The quantitative estimate of drug-likeness (QED) is 0.709.